The molecule has 4 aromatic rings. The fourth-order valence-corrected chi connectivity index (χ4v) is 2.66. The van der Waals surface area contributed by atoms with E-state index in [0.717, 1.165) is 10.0 Å². The van der Waals surface area contributed by atoms with Crippen LogP contribution in [0.15, 0.2) is 63.7 Å². The van der Waals surface area contributed by atoms with Gasteiger partial charge in [0, 0.05) is 10.2 Å². The van der Waals surface area contributed by atoms with Crippen LogP contribution in [0.2, 0.25) is 0 Å². The lowest BCUT2D eigenvalue weighted by Gasteiger charge is -2.01. The summed E-state index contributed by atoms with van der Waals surface area (Å²) in [7, 11) is 0. The molecule has 0 radical (unpaired) electrons. The van der Waals surface area contributed by atoms with Crippen molar-refractivity contribution in [3.05, 3.63) is 76.5 Å². The number of anilines is 1. The number of nitrogens with zero attached hydrogens (tertiary/aromatic N) is 5. The Morgan fingerprint density at radius 3 is 2.64 bits per heavy atom. The first-order chi connectivity index (χ1) is 13.6. The second kappa shape index (κ2) is 7.69. The number of rotatable bonds is 5. The van der Waals surface area contributed by atoms with Gasteiger partial charge in [-0.25, -0.2) is 9.07 Å². The van der Waals surface area contributed by atoms with E-state index in [-0.39, 0.29) is 17.5 Å². The average Bonchev–Trinajstić information content (AvgIpc) is 3.35. The van der Waals surface area contributed by atoms with Crippen LogP contribution in [0, 0.1) is 5.82 Å². The molecule has 4 rings (SSSR count). The van der Waals surface area contributed by atoms with Gasteiger partial charge in [-0.1, -0.05) is 38.4 Å². The third kappa shape index (κ3) is 4.12. The molecule has 28 heavy (non-hydrogen) atoms. The standard InChI is InChI=1S/C18H12BrFN6O2/c19-12-3-7-14(8-4-12)21-17(27)18-22-16(24-28-18)15-10-26(25-23-15)9-11-1-5-13(20)6-2-11/h1-8,10H,9H2,(H,21,27). The Morgan fingerprint density at radius 1 is 1.14 bits per heavy atom. The molecule has 0 aliphatic heterocycles. The van der Waals surface area contributed by atoms with Crippen molar-refractivity contribution in [3.8, 4) is 11.5 Å². The number of aromatic nitrogens is 5. The highest BCUT2D eigenvalue weighted by Crippen LogP contribution is 2.16. The van der Waals surface area contributed by atoms with E-state index in [1.807, 2.05) is 0 Å². The average molecular weight is 443 g/mol. The summed E-state index contributed by atoms with van der Waals surface area (Å²) < 4.78 is 20.4. The molecule has 2 aromatic carbocycles. The molecule has 0 aliphatic rings. The van der Waals surface area contributed by atoms with E-state index in [2.05, 4.69) is 41.7 Å². The molecule has 0 atom stereocenters. The lowest BCUT2D eigenvalue weighted by atomic mass is 10.2. The Morgan fingerprint density at radius 2 is 1.89 bits per heavy atom. The fourth-order valence-electron chi connectivity index (χ4n) is 2.39. The molecular formula is C18H12BrFN6O2. The number of carbonyl (C=O) groups is 1. The number of amides is 1. The zero-order valence-corrected chi connectivity index (χ0v) is 15.8. The van der Waals surface area contributed by atoms with Crippen molar-refractivity contribution in [2.75, 3.05) is 5.32 Å². The molecule has 2 aromatic heterocycles. The summed E-state index contributed by atoms with van der Waals surface area (Å²) >= 11 is 3.33. The highest BCUT2D eigenvalue weighted by atomic mass is 79.9. The summed E-state index contributed by atoms with van der Waals surface area (Å²) in [5.41, 5.74) is 1.81. The van der Waals surface area contributed by atoms with Gasteiger partial charge < -0.3 is 9.84 Å². The van der Waals surface area contributed by atoms with Gasteiger partial charge in [0.15, 0.2) is 5.69 Å². The lowest BCUT2D eigenvalue weighted by molar-refractivity contribution is 0.0981. The third-order valence-electron chi connectivity index (χ3n) is 3.75. The second-order valence-corrected chi connectivity index (χ2v) is 6.73. The fraction of sp³-hybridized carbons (Fsp3) is 0.0556. The quantitative estimate of drug-likeness (QED) is 0.507. The Labute approximate surface area is 166 Å². The minimum Gasteiger partial charge on any atom is -0.328 e. The summed E-state index contributed by atoms with van der Waals surface area (Å²) in [6.07, 6.45) is 1.62. The van der Waals surface area contributed by atoms with Crippen molar-refractivity contribution < 1.29 is 13.7 Å². The number of hydrogen-bond donors (Lipinski definition) is 1. The van der Waals surface area contributed by atoms with Gasteiger partial charge in [-0.05, 0) is 42.0 Å². The molecule has 2 heterocycles. The van der Waals surface area contributed by atoms with Crippen molar-refractivity contribution >= 4 is 27.5 Å². The van der Waals surface area contributed by atoms with Crippen LogP contribution in [-0.2, 0) is 6.54 Å². The Bertz CT molecular complexity index is 1110. The molecule has 0 saturated carbocycles. The maximum absolute atomic E-state index is 13.0. The van der Waals surface area contributed by atoms with Gasteiger partial charge in [0.1, 0.15) is 5.82 Å². The molecule has 0 unspecified atom stereocenters. The van der Waals surface area contributed by atoms with Gasteiger partial charge in [-0.15, -0.1) is 5.10 Å². The molecule has 0 saturated heterocycles. The molecule has 140 valence electrons. The van der Waals surface area contributed by atoms with E-state index >= 15 is 0 Å². The SMILES string of the molecule is O=C(Nc1ccc(Br)cc1)c1nc(-c2cn(Cc3ccc(F)cc3)nn2)no1. The number of carbonyl (C=O) groups excluding carboxylic acids is 1. The molecule has 0 aliphatic carbocycles. The van der Waals surface area contributed by atoms with Crippen molar-refractivity contribution in [2.45, 2.75) is 6.54 Å². The summed E-state index contributed by atoms with van der Waals surface area (Å²) in [5, 5.41) is 14.4. The van der Waals surface area contributed by atoms with Crippen LogP contribution >= 0.6 is 15.9 Å². The maximum Gasteiger partial charge on any atom is 0.316 e. The molecule has 1 amide bonds. The molecule has 0 bridgehead atoms. The van der Waals surface area contributed by atoms with Crippen LogP contribution in [0.1, 0.15) is 16.2 Å². The monoisotopic (exact) mass is 442 g/mol. The van der Waals surface area contributed by atoms with E-state index in [9.17, 15) is 9.18 Å². The molecule has 0 spiro atoms. The number of benzene rings is 2. The number of halogens is 2. The molecule has 10 heteroatoms. The Kier molecular flexibility index (Phi) is 4.94. The van der Waals surface area contributed by atoms with Gasteiger partial charge >= 0.3 is 11.8 Å². The van der Waals surface area contributed by atoms with E-state index in [0.29, 0.717) is 17.9 Å². The summed E-state index contributed by atoms with van der Waals surface area (Å²) in [5.74, 6) is -0.874. The topological polar surface area (TPSA) is 98.7 Å². The third-order valence-corrected chi connectivity index (χ3v) is 4.28. The van der Waals surface area contributed by atoms with Crippen molar-refractivity contribution in [2.24, 2.45) is 0 Å². The van der Waals surface area contributed by atoms with Crippen molar-refractivity contribution in [1.29, 1.82) is 0 Å². The zero-order valence-electron chi connectivity index (χ0n) is 14.2. The normalized spacial score (nSPS) is 10.8. The van der Waals surface area contributed by atoms with Crippen molar-refractivity contribution in [1.82, 2.24) is 25.1 Å². The van der Waals surface area contributed by atoms with Gasteiger partial charge in [-0.3, -0.25) is 4.79 Å². The predicted octanol–water partition coefficient (Wildman–Crippen LogP) is 3.53. The smallest absolute Gasteiger partial charge is 0.316 e. The molecular weight excluding hydrogens is 431 g/mol. The van der Waals surface area contributed by atoms with E-state index < -0.39 is 5.91 Å². The first-order valence-corrected chi connectivity index (χ1v) is 8.92. The Balaban J connectivity index is 1.45. The highest BCUT2D eigenvalue weighted by Gasteiger charge is 2.18. The molecule has 1 N–H and O–H groups in total. The van der Waals surface area contributed by atoms with E-state index in [1.54, 1.807) is 47.3 Å². The van der Waals surface area contributed by atoms with Crippen LogP contribution in [0.5, 0.6) is 0 Å². The van der Waals surface area contributed by atoms with Gasteiger partial charge in [0.05, 0.1) is 12.7 Å². The van der Waals surface area contributed by atoms with Crippen LogP contribution in [0.25, 0.3) is 11.5 Å². The first kappa shape index (κ1) is 18.0. The Hall–Kier alpha value is -3.40. The minimum atomic E-state index is -0.528. The maximum atomic E-state index is 13.0. The van der Waals surface area contributed by atoms with Crippen LogP contribution in [-0.4, -0.2) is 31.0 Å². The highest BCUT2D eigenvalue weighted by molar-refractivity contribution is 9.10. The number of hydrogen-bond acceptors (Lipinski definition) is 6. The summed E-state index contributed by atoms with van der Waals surface area (Å²) in [6.45, 7) is 0.405. The van der Waals surface area contributed by atoms with E-state index in [1.165, 1.54) is 12.1 Å². The minimum absolute atomic E-state index is 0.145. The van der Waals surface area contributed by atoms with Gasteiger partial charge in [0.25, 0.3) is 0 Å². The predicted molar refractivity (Wildman–Crippen MR) is 101 cm³/mol. The number of nitrogens with one attached hydrogen (secondary N) is 1. The van der Waals surface area contributed by atoms with Crippen LogP contribution < -0.4 is 5.32 Å². The van der Waals surface area contributed by atoms with Gasteiger partial charge in [-0.2, -0.15) is 4.98 Å². The van der Waals surface area contributed by atoms with Crippen LogP contribution in [0.4, 0.5) is 10.1 Å². The largest absolute Gasteiger partial charge is 0.328 e. The summed E-state index contributed by atoms with van der Waals surface area (Å²) in [6, 6.07) is 13.2. The summed E-state index contributed by atoms with van der Waals surface area (Å²) in [4.78, 5) is 16.3. The molecule has 8 nitrogen and oxygen atoms in total. The first-order valence-electron chi connectivity index (χ1n) is 8.12. The van der Waals surface area contributed by atoms with Crippen molar-refractivity contribution in [3.63, 3.8) is 0 Å². The van der Waals surface area contributed by atoms with Gasteiger partial charge in [0.2, 0.25) is 5.82 Å². The molecule has 0 fully saturated rings. The van der Waals surface area contributed by atoms with E-state index in [4.69, 9.17) is 4.52 Å². The second-order valence-electron chi connectivity index (χ2n) is 5.81. The van der Waals surface area contributed by atoms with Crippen LogP contribution in [0.3, 0.4) is 0 Å². The zero-order chi connectivity index (χ0) is 19.5. The lowest BCUT2D eigenvalue weighted by Crippen LogP contribution is -2.12.